The highest BCUT2D eigenvalue weighted by atomic mass is 127. The number of halogens is 1. The molecule has 23 heavy (non-hydrogen) atoms. The highest BCUT2D eigenvalue weighted by molar-refractivity contribution is 14.1. The van der Waals surface area contributed by atoms with Crippen LogP contribution in [0.15, 0.2) is 48.5 Å². The minimum absolute atomic E-state index is 0.127. The summed E-state index contributed by atoms with van der Waals surface area (Å²) in [6, 6.07) is 17.1. The Hall–Kier alpha value is -2.33. The molecule has 2 aromatic rings. The third-order valence-corrected chi connectivity index (χ3v) is 3.77. The second-order valence-electron chi connectivity index (χ2n) is 4.61. The first-order valence-corrected chi connectivity index (χ1v) is 7.87. The van der Waals surface area contributed by atoms with Crippen molar-refractivity contribution in [3.05, 3.63) is 63.2 Å². The van der Waals surface area contributed by atoms with Crippen molar-refractivity contribution >= 4 is 40.2 Å². The van der Waals surface area contributed by atoms with Crippen molar-refractivity contribution in [2.45, 2.75) is 0 Å². The molecule has 2 aromatic carbocycles. The lowest BCUT2D eigenvalue weighted by Gasteiger charge is -2.05. The normalized spacial score (nSPS) is 10.7. The zero-order valence-corrected chi connectivity index (χ0v) is 14.6. The molecular weight excluding hydrogens is 405 g/mol. The molecule has 0 unspecified atom stereocenters. The van der Waals surface area contributed by atoms with Gasteiger partial charge in [0.1, 0.15) is 5.75 Å². The van der Waals surface area contributed by atoms with E-state index in [2.05, 4.69) is 33.4 Å². The number of esters is 1. The number of ether oxygens (including phenoxy) is 2. The molecular formula is C18H14INO3. The topological polar surface area (TPSA) is 59.3 Å². The van der Waals surface area contributed by atoms with Gasteiger partial charge in [0.15, 0.2) is 6.61 Å². The summed E-state index contributed by atoms with van der Waals surface area (Å²) in [7, 11) is 1.31. The molecule has 0 radical (unpaired) electrons. The second kappa shape index (κ2) is 8.34. The number of methoxy groups -OCH3 is 1. The molecule has 2 rings (SSSR count). The van der Waals surface area contributed by atoms with Crippen LogP contribution in [0.25, 0.3) is 11.6 Å². The molecule has 0 aromatic heterocycles. The fourth-order valence-electron chi connectivity index (χ4n) is 1.84. The highest BCUT2D eigenvalue weighted by Gasteiger charge is 2.03. The van der Waals surface area contributed by atoms with E-state index in [-0.39, 0.29) is 6.61 Å². The zero-order chi connectivity index (χ0) is 16.7. The van der Waals surface area contributed by atoms with Gasteiger partial charge in [-0.3, -0.25) is 0 Å². The van der Waals surface area contributed by atoms with E-state index in [9.17, 15) is 10.1 Å². The maximum atomic E-state index is 11.0. The van der Waals surface area contributed by atoms with Crippen molar-refractivity contribution < 1.29 is 14.3 Å². The van der Waals surface area contributed by atoms with Crippen LogP contribution in [0.3, 0.4) is 0 Å². The Morgan fingerprint density at radius 1 is 1.17 bits per heavy atom. The second-order valence-corrected chi connectivity index (χ2v) is 5.86. The zero-order valence-electron chi connectivity index (χ0n) is 12.5. The molecule has 0 aliphatic rings. The van der Waals surface area contributed by atoms with Gasteiger partial charge in [0.05, 0.1) is 18.8 Å². The molecule has 0 saturated heterocycles. The summed E-state index contributed by atoms with van der Waals surface area (Å²) in [5.74, 6) is 0.139. The lowest BCUT2D eigenvalue weighted by molar-refractivity contribution is -0.142. The quantitative estimate of drug-likeness (QED) is 0.319. The third kappa shape index (κ3) is 5.11. The Balaban J connectivity index is 2.13. The Labute approximate surface area is 148 Å². The van der Waals surface area contributed by atoms with Crippen LogP contribution >= 0.6 is 22.6 Å². The minimum atomic E-state index is -0.431. The summed E-state index contributed by atoms with van der Waals surface area (Å²) >= 11 is 2.23. The molecule has 0 bridgehead atoms. The van der Waals surface area contributed by atoms with E-state index in [0.717, 1.165) is 14.7 Å². The predicted octanol–water partition coefficient (Wildman–Crippen LogP) is 3.91. The summed E-state index contributed by atoms with van der Waals surface area (Å²) < 4.78 is 10.9. The van der Waals surface area contributed by atoms with Gasteiger partial charge in [0.25, 0.3) is 0 Å². The first-order valence-electron chi connectivity index (χ1n) is 6.80. The summed E-state index contributed by atoms with van der Waals surface area (Å²) in [5.41, 5.74) is 2.34. The van der Waals surface area contributed by atoms with Crippen LogP contribution < -0.4 is 4.74 Å². The van der Waals surface area contributed by atoms with Crippen LogP contribution in [0, 0.1) is 14.9 Å². The molecule has 0 heterocycles. The van der Waals surface area contributed by atoms with Crippen LogP contribution in [-0.2, 0) is 9.53 Å². The summed E-state index contributed by atoms with van der Waals surface area (Å²) in [4.78, 5) is 11.0. The minimum Gasteiger partial charge on any atom is -0.482 e. The van der Waals surface area contributed by atoms with Gasteiger partial charge < -0.3 is 9.47 Å². The van der Waals surface area contributed by atoms with Gasteiger partial charge in [-0.15, -0.1) is 0 Å². The van der Waals surface area contributed by atoms with E-state index < -0.39 is 5.97 Å². The molecule has 0 saturated carbocycles. The first-order chi connectivity index (χ1) is 11.1. The third-order valence-electron chi connectivity index (χ3n) is 3.05. The van der Waals surface area contributed by atoms with Crippen molar-refractivity contribution in [2.75, 3.05) is 13.7 Å². The fourth-order valence-corrected chi connectivity index (χ4v) is 2.20. The van der Waals surface area contributed by atoms with Gasteiger partial charge in [0, 0.05) is 3.57 Å². The number of benzene rings is 2. The van der Waals surface area contributed by atoms with E-state index in [0.29, 0.717) is 11.3 Å². The van der Waals surface area contributed by atoms with E-state index in [1.165, 1.54) is 7.11 Å². The smallest absolute Gasteiger partial charge is 0.343 e. The average molecular weight is 419 g/mol. The molecule has 0 N–H and O–H groups in total. The Morgan fingerprint density at radius 2 is 1.83 bits per heavy atom. The van der Waals surface area contributed by atoms with Crippen LogP contribution in [0.1, 0.15) is 11.1 Å². The summed E-state index contributed by atoms with van der Waals surface area (Å²) in [5, 5.41) is 9.34. The van der Waals surface area contributed by atoms with Crippen LogP contribution in [0.4, 0.5) is 0 Å². The Bertz CT molecular complexity index is 743. The van der Waals surface area contributed by atoms with Crippen LogP contribution in [-0.4, -0.2) is 19.7 Å². The van der Waals surface area contributed by atoms with Gasteiger partial charge in [-0.2, -0.15) is 5.26 Å². The fraction of sp³-hybridized carbons (Fsp3) is 0.111. The van der Waals surface area contributed by atoms with Crippen molar-refractivity contribution in [3.8, 4) is 11.8 Å². The Morgan fingerprint density at radius 3 is 2.39 bits per heavy atom. The maximum absolute atomic E-state index is 11.0. The van der Waals surface area contributed by atoms with Crippen molar-refractivity contribution in [3.63, 3.8) is 0 Å². The van der Waals surface area contributed by atoms with Gasteiger partial charge in [-0.25, -0.2) is 4.79 Å². The number of hydrogen-bond donors (Lipinski definition) is 0. The van der Waals surface area contributed by atoms with Crippen LogP contribution in [0.2, 0.25) is 0 Å². The van der Waals surface area contributed by atoms with Crippen LogP contribution in [0.5, 0.6) is 5.75 Å². The molecule has 5 heteroatoms. The molecule has 0 aliphatic carbocycles. The molecule has 116 valence electrons. The molecule has 0 fully saturated rings. The summed E-state index contributed by atoms with van der Waals surface area (Å²) in [6.45, 7) is -0.127. The van der Waals surface area contributed by atoms with E-state index >= 15 is 0 Å². The largest absolute Gasteiger partial charge is 0.482 e. The monoisotopic (exact) mass is 419 g/mol. The van der Waals surface area contributed by atoms with E-state index in [1.54, 1.807) is 12.1 Å². The standard InChI is InChI=1S/C18H14INO3/c1-22-18(21)12-23-17-8-2-13(3-9-17)10-15(11-20)14-4-6-16(19)7-5-14/h2-10H,12H2,1H3/b15-10-. The number of nitrogens with zero attached hydrogens (tertiary/aromatic N) is 1. The van der Waals surface area contributed by atoms with E-state index in [4.69, 9.17) is 4.74 Å². The number of rotatable bonds is 5. The molecule has 4 nitrogen and oxygen atoms in total. The maximum Gasteiger partial charge on any atom is 0.343 e. The summed E-state index contributed by atoms with van der Waals surface area (Å²) in [6.07, 6.45) is 1.81. The number of hydrogen-bond acceptors (Lipinski definition) is 4. The average Bonchev–Trinajstić information content (AvgIpc) is 2.59. The van der Waals surface area contributed by atoms with Gasteiger partial charge in [0.2, 0.25) is 0 Å². The first kappa shape index (κ1) is 17.0. The number of carbonyl (C=O) groups is 1. The van der Waals surface area contributed by atoms with E-state index in [1.807, 2.05) is 42.5 Å². The molecule has 0 atom stereocenters. The van der Waals surface area contributed by atoms with Gasteiger partial charge >= 0.3 is 5.97 Å². The molecule has 0 spiro atoms. The number of nitriles is 1. The van der Waals surface area contributed by atoms with Gasteiger partial charge in [-0.1, -0.05) is 24.3 Å². The highest BCUT2D eigenvalue weighted by Crippen LogP contribution is 2.20. The lowest BCUT2D eigenvalue weighted by atomic mass is 10.0. The Kier molecular flexibility index (Phi) is 6.18. The predicted molar refractivity (Wildman–Crippen MR) is 96.6 cm³/mol. The number of allylic oxidation sites excluding steroid dienone is 1. The van der Waals surface area contributed by atoms with Crippen molar-refractivity contribution in [2.24, 2.45) is 0 Å². The van der Waals surface area contributed by atoms with Gasteiger partial charge in [-0.05, 0) is 64.1 Å². The number of carbonyl (C=O) groups excluding carboxylic acids is 1. The van der Waals surface area contributed by atoms with Crippen molar-refractivity contribution in [1.82, 2.24) is 0 Å². The molecule has 0 amide bonds. The SMILES string of the molecule is COC(=O)COc1ccc(/C=C(/C#N)c2ccc(I)cc2)cc1. The molecule has 0 aliphatic heterocycles. The van der Waals surface area contributed by atoms with Crippen molar-refractivity contribution in [1.29, 1.82) is 5.26 Å². The lowest BCUT2D eigenvalue weighted by Crippen LogP contribution is -2.12.